The number of rotatable bonds is 8. The topological polar surface area (TPSA) is 85.4 Å². The highest BCUT2D eigenvalue weighted by atomic mass is 32.2. The summed E-state index contributed by atoms with van der Waals surface area (Å²) in [5, 5.41) is 0. The van der Waals surface area contributed by atoms with Crippen LogP contribution in [-0.2, 0) is 40.0 Å². The number of carbonyl (C=O) groups excluding carboxylic acids is 1. The number of carbonyl (C=O) groups is 1. The largest absolute Gasteiger partial charge is 0.467 e. The van der Waals surface area contributed by atoms with Gasteiger partial charge in [-0.25, -0.2) is 13.4 Å². The Morgan fingerprint density at radius 2 is 1.94 bits per heavy atom. The molecule has 0 saturated carbocycles. The van der Waals surface area contributed by atoms with E-state index in [0.717, 1.165) is 10.4 Å². The highest BCUT2D eigenvalue weighted by Gasteiger charge is 2.22. The van der Waals surface area contributed by atoms with Gasteiger partial charge in [-0.3, -0.25) is 4.79 Å². The van der Waals surface area contributed by atoms with Gasteiger partial charge in [0.05, 0.1) is 30.4 Å². The number of aromatic nitrogens is 2. The number of fused-ring (bicyclic) bond motifs is 1. The predicted octanol–water partition coefficient (Wildman–Crippen LogP) is 3.77. The number of amides is 1. The Morgan fingerprint density at radius 3 is 2.61 bits per heavy atom. The van der Waals surface area contributed by atoms with Gasteiger partial charge in [0.15, 0.2) is 9.84 Å². The first kappa shape index (κ1) is 21.3. The van der Waals surface area contributed by atoms with Gasteiger partial charge in [-0.2, -0.15) is 0 Å². The van der Waals surface area contributed by atoms with E-state index in [-0.39, 0.29) is 18.2 Å². The standard InChI is InChI=1S/C22H23N3O4S2/c1-16-9-10-18(30-16)13-24(12-17-6-5-11-29-17)22(26)14-25-20-8-4-3-7-19(20)23-21(25)15-31(2,27)28/h3-11H,12-15H2,1-2H3. The van der Waals surface area contributed by atoms with Crippen LogP contribution in [0.15, 0.2) is 59.2 Å². The van der Waals surface area contributed by atoms with Gasteiger partial charge in [-0.05, 0) is 43.3 Å². The third-order valence-electron chi connectivity index (χ3n) is 4.84. The Balaban J connectivity index is 1.66. The van der Waals surface area contributed by atoms with Crippen molar-refractivity contribution < 1.29 is 17.6 Å². The van der Waals surface area contributed by atoms with E-state index in [9.17, 15) is 13.2 Å². The molecule has 7 nitrogen and oxygen atoms in total. The zero-order chi connectivity index (χ0) is 22.0. The molecule has 0 bridgehead atoms. The van der Waals surface area contributed by atoms with Gasteiger partial charge in [0.1, 0.15) is 23.9 Å². The Kier molecular flexibility index (Phi) is 5.97. The van der Waals surface area contributed by atoms with E-state index in [2.05, 4.69) is 4.98 Å². The molecule has 4 rings (SSSR count). The van der Waals surface area contributed by atoms with Crippen LogP contribution >= 0.6 is 11.3 Å². The minimum atomic E-state index is -3.31. The normalized spacial score (nSPS) is 11.8. The predicted molar refractivity (Wildman–Crippen MR) is 120 cm³/mol. The lowest BCUT2D eigenvalue weighted by Gasteiger charge is -2.22. The molecule has 162 valence electrons. The summed E-state index contributed by atoms with van der Waals surface area (Å²) in [7, 11) is -3.31. The van der Waals surface area contributed by atoms with Crippen molar-refractivity contribution in [1.29, 1.82) is 0 Å². The molecule has 0 atom stereocenters. The fourth-order valence-electron chi connectivity index (χ4n) is 3.46. The van der Waals surface area contributed by atoms with Crippen molar-refractivity contribution in [2.24, 2.45) is 0 Å². The second kappa shape index (κ2) is 8.68. The maximum Gasteiger partial charge on any atom is 0.243 e. The molecule has 9 heteroatoms. The molecular formula is C22H23N3O4S2. The van der Waals surface area contributed by atoms with Crippen LogP contribution < -0.4 is 0 Å². The second-order valence-corrected chi connectivity index (χ2v) is 11.0. The van der Waals surface area contributed by atoms with Gasteiger partial charge in [-0.15, -0.1) is 11.3 Å². The van der Waals surface area contributed by atoms with Crippen molar-refractivity contribution >= 4 is 38.1 Å². The molecule has 0 fully saturated rings. The summed E-state index contributed by atoms with van der Waals surface area (Å²) in [5.41, 5.74) is 1.40. The van der Waals surface area contributed by atoms with E-state index < -0.39 is 9.84 Å². The van der Waals surface area contributed by atoms with Gasteiger partial charge in [0, 0.05) is 16.0 Å². The smallest absolute Gasteiger partial charge is 0.243 e. The Labute approximate surface area is 184 Å². The molecule has 0 aliphatic heterocycles. The Hall–Kier alpha value is -2.91. The van der Waals surface area contributed by atoms with Crippen LogP contribution in [0.3, 0.4) is 0 Å². The summed E-state index contributed by atoms with van der Waals surface area (Å²) in [4.78, 5) is 21.8. The van der Waals surface area contributed by atoms with E-state index in [1.165, 1.54) is 11.1 Å². The highest BCUT2D eigenvalue weighted by molar-refractivity contribution is 7.89. The lowest BCUT2D eigenvalue weighted by atomic mass is 10.3. The van der Waals surface area contributed by atoms with Gasteiger partial charge >= 0.3 is 0 Å². The zero-order valence-corrected chi connectivity index (χ0v) is 18.9. The van der Waals surface area contributed by atoms with Crippen molar-refractivity contribution in [3.05, 3.63) is 76.1 Å². The molecule has 3 heterocycles. The van der Waals surface area contributed by atoms with Gasteiger partial charge in [0.2, 0.25) is 5.91 Å². The summed E-state index contributed by atoms with van der Waals surface area (Å²) in [5.74, 6) is 0.688. The zero-order valence-electron chi connectivity index (χ0n) is 17.3. The third kappa shape index (κ3) is 5.23. The summed E-state index contributed by atoms with van der Waals surface area (Å²) in [6.45, 7) is 2.81. The number of imidazole rings is 1. The maximum atomic E-state index is 13.4. The summed E-state index contributed by atoms with van der Waals surface area (Å²) in [6.07, 6.45) is 2.75. The van der Waals surface area contributed by atoms with Crippen molar-refractivity contribution in [3.8, 4) is 0 Å². The Morgan fingerprint density at radius 1 is 1.13 bits per heavy atom. The number of furan rings is 1. The molecule has 0 aliphatic carbocycles. The van der Waals surface area contributed by atoms with Crippen molar-refractivity contribution in [3.63, 3.8) is 0 Å². The fraction of sp³-hybridized carbons (Fsp3) is 0.273. The molecule has 0 N–H and O–H groups in total. The average Bonchev–Trinajstić information content (AvgIpc) is 3.42. The van der Waals surface area contributed by atoms with Gasteiger partial charge < -0.3 is 13.9 Å². The molecular weight excluding hydrogens is 434 g/mol. The summed E-state index contributed by atoms with van der Waals surface area (Å²) < 4.78 is 31.1. The number of aryl methyl sites for hydroxylation is 1. The summed E-state index contributed by atoms with van der Waals surface area (Å²) in [6, 6.07) is 15.0. The first-order valence-corrected chi connectivity index (χ1v) is 12.6. The minimum Gasteiger partial charge on any atom is -0.467 e. The first-order valence-electron chi connectivity index (χ1n) is 9.76. The fourth-order valence-corrected chi connectivity index (χ4v) is 5.06. The monoisotopic (exact) mass is 457 g/mol. The number of para-hydroxylation sites is 2. The lowest BCUT2D eigenvalue weighted by molar-refractivity contribution is -0.133. The lowest BCUT2D eigenvalue weighted by Crippen LogP contribution is -2.33. The van der Waals surface area contributed by atoms with Crippen LogP contribution in [-0.4, -0.2) is 35.0 Å². The number of thiophene rings is 1. The molecule has 1 aromatic carbocycles. The molecule has 0 unspecified atom stereocenters. The van der Waals surface area contributed by atoms with E-state index >= 15 is 0 Å². The van der Waals surface area contributed by atoms with Crippen LogP contribution in [0.25, 0.3) is 11.0 Å². The van der Waals surface area contributed by atoms with Crippen molar-refractivity contribution in [2.75, 3.05) is 6.26 Å². The molecule has 4 aromatic rings. The molecule has 1 amide bonds. The number of benzene rings is 1. The van der Waals surface area contributed by atoms with Crippen LogP contribution in [0.5, 0.6) is 0 Å². The third-order valence-corrected chi connectivity index (χ3v) is 6.61. The first-order chi connectivity index (χ1) is 14.8. The average molecular weight is 458 g/mol. The number of nitrogens with zero attached hydrogens (tertiary/aromatic N) is 3. The maximum absolute atomic E-state index is 13.4. The van der Waals surface area contributed by atoms with E-state index in [1.54, 1.807) is 33.1 Å². The van der Waals surface area contributed by atoms with Crippen LogP contribution in [0.2, 0.25) is 0 Å². The second-order valence-electron chi connectivity index (χ2n) is 7.51. The van der Waals surface area contributed by atoms with Crippen LogP contribution in [0, 0.1) is 6.92 Å². The number of hydrogen-bond acceptors (Lipinski definition) is 6. The highest BCUT2D eigenvalue weighted by Crippen LogP contribution is 2.21. The van der Waals surface area contributed by atoms with E-state index in [1.807, 2.05) is 49.4 Å². The quantitative estimate of drug-likeness (QED) is 0.402. The van der Waals surface area contributed by atoms with E-state index in [4.69, 9.17) is 4.42 Å². The molecule has 0 saturated heterocycles. The van der Waals surface area contributed by atoms with Gasteiger partial charge in [0.25, 0.3) is 0 Å². The molecule has 0 spiro atoms. The van der Waals surface area contributed by atoms with Crippen molar-refractivity contribution in [2.45, 2.75) is 32.3 Å². The van der Waals surface area contributed by atoms with Crippen molar-refractivity contribution in [1.82, 2.24) is 14.5 Å². The van der Waals surface area contributed by atoms with Crippen LogP contribution in [0.1, 0.15) is 21.3 Å². The number of hydrogen-bond donors (Lipinski definition) is 0. The SMILES string of the molecule is Cc1ccc(CN(Cc2ccco2)C(=O)Cn2c(CS(C)(=O)=O)nc3ccccc32)s1. The number of sulfone groups is 1. The molecule has 3 aromatic heterocycles. The molecule has 0 aliphatic rings. The molecule has 0 radical (unpaired) electrons. The van der Waals surface area contributed by atoms with E-state index in [0.29, 0.717) is 30.2 Å². The van der Waals surface area contributed by atoms with Gasteiger partial charge in [-0.1, -0.05) is 12.1 Å². The van der Waals surface area contributed by atoms with Crippen LogP contribution in [0.4, 0.5) is 0 Å². The summed E-state index contributed by atoms with van der Waals surface area (Å²) >= 11 is 1.64. The molecule has 31 heavy (non-hydrogen) atoms. The Bertz CT molecular complexity index is 1300. The minimum absolute atomic E-state index is 0.00354.